The quantitative estimate of drug-likeness (QED) is 0.897. The highest BCUT2D eigenvalue weighted by Gasteiger charge is 2.25. The lowest BCUT2D eigenvalue weighted by Gasteiger charge is -2.27. The maximum atomic E-state index is 12.3. The van der Waals surface area contributed by atoms with Crippen LogP contribution in [0.4, 0.5) is 5.69 Å². The molecule has 0 spiro atoms. The lowest BCUT2D eigenvalue weighted by molar-refractivity contribution is 0.558. The average Bonchev–Trinajstić information content (AvgIpc) is 3.11. The second-order valence-electron chi connectivity index (χ2n) is 5.62. The average molecular weight is 320 g/mol. The minimum Gasteiger partial charge on any atom is -0.367 e. The van der Waals surface area contributed by atoms with Crippen molar-refractivity contribution in [2.45, 2.75) is 24.4 Å². The van der Waals surface area contributed by atoms with Crippen LogP contribution in [0, 0.1) is 0 Å². The molecule has 1 atom stereocenters. The normalized spacial score (nSPS) is 15.8. The molecule has 1 N–H and O–H groups in total. The molecule has 22 heavy (non-hydrogen) atoms. The number of para-hydroxylation sites is 1. The summed E-state index contributed by atoms with van der Waals surface area (Å²) in [6.07, 6.45) is 3.85. The van der Waals surface area contributed by atoms with Gasteiger partial charge in [-0.3, -0.25) is 0 Å². The van der Waals surface area contributed by atoms with E-state index in [4.69, 9.17) is 0 Å². The van der Waals surface area contributed by atoms with Gasteiger partial charge in [-0.25, -0.2) is 18.1 Å². The van der Waals surface area contributed by atoms with Crippen LogP contribution in [0.5, 0.6) is 0 Å². The fourth-order valence-corrected chi connectivity index (χ4v) is 4.07. The molecule has 2 heterocycles. The van der Waals surface area contributed by atoms with E-state index >= 15 is 0 Å². The van der Waals surface area contributed by atoms with Crippen LogP contribution in [-0.2, 0) is 23.5 Å². The Morgan fingerprint density at radius 1 is 1.36 bits per heavy atom. The van der Waals surface area contributed by atoms with E-state index < -0.39 is 10.0 Å². The van der Waals surface area contributed by atoms with Crippen LogP contribution in [0.15, 0.2) is 41.8 Å². The monoisotopic (exact) mass is 320 g/mol. The molecular formula is C15H20N4O2S. The van der Waals surface area contributed by atoms with E-state index in [1.54, 1.807) is 7.05 Å². The molecule has 1 aliphatic heterocycles. The number of nitrogens with zero attached hydrogens (tertiary/aromatic N) is 3. The number of benzene rings is 1. The molecule has 6 nitrogen and oxygen atoms in total. The van der Waals surface area contributed by atoms with Crippen molar-refractivity contribution >= 4 is 15.7 Å². The maximum Gasteiger partial charge on any atom is 0.257 e. The molecule has 1 unspecified atom stereocenters. The number of aromatic nitrogens is 2. The number of imidazole rings is 1. The zero-order valence-electron chi connectivity index (χ0n) is 12.7. The molecule has 118 valence electrons. The summed E-state index contributed by atoms with van der Waals surface area (Å²) in [5, 5.41) is 0.182. The van der Waals surface area contributed by atoms with Crippen LogP contribution in [0.2, 0.25) is 0 Å². The molecule has 1 aliphatic rings. The van der Waals surface area contributed by atoms with E-state index in [1.807, 2.05) is 19.1 Å². The number of fused-ring (bicyclic) bond motifs is 1. The first-order valence-corrected chi connectivity index (χ1v) is 8.78. The highest BCUT2D eigenvalue weighted by atomic mass is 32.2. The van der Waals surface area contributed by atoms with Crippen molar-refractivity contribution in [3.63, 3.8) is 0 Å². The van der Waals surface area contributed by atoms with Crippen LogP contribution in [0.1, 0.15) is 12.5 Å². The predicted octanol–water partition coefficient (Wildman–Crippen LogP) is 1.15. The largest absolute Gasteiger partial charge is 0.367 e. The Morgan fingerprint density at radius 3 is 2.86 bits per heavy atom. The molecule has 0 saturated carbocycles. The summed E-state index contributed by atoms with van der Waals surface area (Å²) in [7, 11) is -1.86. The standard InChI is InChI=1S/C15H20N4O2S/c1-12(19-8-7-13-5-3-4-6-14(13)19)9-17-22(20,21)15-10-16-11-18(15)2/h3-6,10-12,17H,7-9H2,1-2H3. The summed E-state index contributed by atoms with van der Waals surface area (Å²) in [6.45, 7) is 3.32. The van der Waals surface area contributed by atoms with Gasteiger partial charge in [-0.1, -0.05) is 18.2 Å². The van der Waals surface area contributed by atoms with Gasteiger partial charge in [0.15, 0.2) is 5.03 Å². The highest BCUT2D eigenvalue weighted by molar-refractivity contribution is 7.89. The Kier molecular flexibility index (Phi) is 3.92. The van der Waals surface area contributed by atoms with Crippen molar-refractivity contribution in [1.29, 1.82) is 0 Å². The van der Waals surface area contributed by atoms with Gasteiger partial charge in [0, 0.05) is 31.9 Å². The van der Waals surface area contributed by atoms with E-state index in [1.165, 1.54) is 28.3 Å². The van der Waals surface area contributed by atoms with Gasteiger partial charge in [0.1, 0.15) is 0 Å². The molecule has 0 saturated heterocycles. The molecule has 1 aromatic heterocycles. The first-order valence-electron chi connectivity index (χ1n) is 7.29. The first kappa shape index (κ1) is 15.1. The first-order chi connectivity index (χ1) is 10.5. The van der Waals surface area contributed by atoms with E-state index in [-0.39, 0.29) is 11.1 Å². The second kappa shape index (κ2) is 5.73. The van der Waals surface area contributed by atoms with Gasteiger partial charge in [0.25, 0.3) is 10.0 Å². The molecular weight excluding hydrogens is 300 g/mol. The topological polar surface area (TPSA) is 67.2 Å². The molecule has 1 aromatic carbocycles. The van der Waals surface area contributed by atoms with Gasteiger partial charge in [-0.15, -0.1) is 0 Å². The number of anilines is 1. The Labute approximate surface area is 130 Å². The third-order valence-corrected chi connectivity index (χ3v) is 5.56. The summed E-state index contributed by atoms with van der Waals surface area (Å²) >= 11 is 0. The molecule has 0 aliphatic carbocycles. The van der Waals surface area contributed by atoms with Crippen molar-refractivity contribution in [3.8, 4) is 0 Å². The van der Waals surface area contributed by atoms with E-state index in [0.717, 1.165) is 13.0 Å². The highest BCUT2D eigenvalue weighted by Crippen LogP contribution is 2.28. The number of hydrogen-bond donors (Lipinski definition) is 1. The van der Waals surface area contributed by atoms with Crippen molar-refractivity contribution in [2.24, 2.45) is 7.05 Å². The van der Waals surface area contributed by atoms with Gasteiger partial charge in [0.05, 0.1) is 12.5 Å². The summed E-state index contributed by atoms with van der Waals surface area (Å²) < 4.78 is 28.8. The van der Waals surface area contributed by atoms with Crippen molar-refractivity contribution in [1.82, 2.24) is 14.3 Å². The Morgan fingerprint density at radius 2 is 2.14 bits per heavy atom. The van der Waals surface area contributed by atoms with Crippen molar-refractivity contribution in [2.75, 3.05) is 18.0 Å². The minimum atomic E-state index is -3.53. The predicted molar refractivity (Wildman–Crippen MR) is 85.4 cm³/mol. The minimum absolute atomic E-state index is 0.0895. The Bertz CT molecular complexity index is 769. The second-order valence-corrected chi connectivity index (χ2v) is 7.33. The van der Waals surface area contributed by atoms with Crippen molar-refractivity contribution in [3.05, 3.63) is 42.4 Å². The van der Waals surface area contributed by atoms with Crippen LogP contribution in [0.3, 0.4) is 0 Å². The fraction of sp³-hybridized carbons (Fsp3) is 0.400. The smallest absolute Gasteiger partial charge is 0.257 e. The van der Waals surface area contributed by atoms with Gasteiger partial charge in [-0.2, -0.15) is 0 Å². The summed E-state index contributed by atoms with van der Waals surface area (Å²) in [5.74, 6) is 0. The number of sulfonamides is 1. The zero-order chi connectivity index (χ0) is 15.7. The Balaban J connectivity index is 1.69. The van der Waals surface area contributed by atoms with Crippen LogP contribution < -0.4 is 9.62 Å². The van der Waals surface area contributed by atoms with E-state index in [0.29, 0.717) is 6.54 Å². The number of hydrogen-bond acceptors (Lipinski definition) is 4. The summed E-state index contributed by atoms with van der Waals surface area (Å²) in [4.78, 5) is 6.11. The van der Waals surface area contributed by atoms with Crippen LogP contribution in [0.25, 0.3) is 0 Å². The number of aryl methyl sites for hydroxylation is 1. The molecule has 3 rings (SSSR count). The SMILES string of the molecule is CC(CNS(=O)(=O)c1cncn1C)N1CCc2ccccc21. The molecule has 0 fully saturated rings. The molecule has 2 aromatic rings. The van der Waals surface area contributed by atoms with Gasteiger partial charge in [0.2, 0.25) is 0 Å². The Hall–Kier alpha value is -1.86. The number of rotatable bonds is 5. The molecule has 0 amide bonds. The fourth-order valence-electron chi connectivity index (χ4n) is 2.84. The van der Waals surface area contributed by atoms with Crippen LogP contribution >= 0.6 is 0 Å². The van der Waals surface area contributed by atoms with E-state index in [9.17, 15) is 8.42 Å². The molecule has 7 heteroatoms. The van der Waals surface area contributed by atoms with Gasteiger partial charge >= 0.3 is 0 Å². The lowest BCUT2D eigenvalue weighted by atomic mass is 10.2. The van der Waals surface area contributed by atoms with Gasteiger partial charge in [-0.05, 0) is 25.0 Å². The molecule has 0 bridgehead atoms. The van der Waals surface area contributed by atoms with E-state index in [2.05, 4.69) is 26.7 Å². The third-order valence-electron chi connectivity index (χ3n) is 4.07. The summed E-state index contributed by atoms with van der Waals surface area (Å²) in [5.41, 5.74) is 2.53. The van der Waals surface area contributed by atoms with Crippen LogP contribution in [-0.4, -0.2) is 37.1 Å². The molecule has 0 radical (unpaired) electrons. The van der Waals surface area contributed by atoms with Gasteiger partial charge < -0.3 is 9.47 Å². The summed E-state index contributed by atoms with van der Waals surface area (Å²) in [6, 6.07) is 8.37. The third kappa shape index (κ3) is 2.74. The lowest BCUT2D eigenvalue weighted by Crippen LogP contribution is -2.41. The van der Waals surface area contributed by atoms with Crippen molar-refractivity contribution < 1.29 is 8.42 Å². The maximum absolute atomic E-state index is 12.3. The number of nitrogens with one attached hydrogen (secondary N) is 1. The zero-order valence-corrected chi connectivity index (χ0v) is 13.5.